The number of nitrogens with one attached hydrogen (secondary N) is 1. The molecule has 5 heteroatoms. The Hall–Kier alpha value is -1.75. The van der Waals surface area contributed by atoms with Gasteiger partial charge < -0.3 is 0 Å². The standard InChI is InChI=1S/C7H6N2O3/c10-4-6-2-1-5(3-8-6)7(11)9-12/h1-4,12H,(H,9,11). The van der Waals surface area contributed by atoms with Crippen LogP contribution in [-0.2, 0) is 0 Å². The highest BCUT2D eigenvalue weighted by molar-refractivity contribution is 5.93. The van der Waals surface area contributed by atoms with Crippen molar-refractivity contribution in [2.75, 3.05) is 0 Å². The zero-order valence-electron chi connectivity index (χ0n) is 6.02. The van der Waals surface area contributed by atoms with Gasteiger partial charge in [0.25, 0.3) is 5.91 Å². The molecule has 1 aromatic rings. The molecule has 0 aromatic carbocycles. The van der Waals surface area contributed by atoms with Gasteiger partial charge in [-0.25, -0.2) is 5.48 Å². The number of aromatic nitrogens is 1. The second-order valence-electron chi connectivity index (χ2n) is 2.03. The van der Waals surface area contributed by atoms with Crippen molar-refractivity contribution in [1.29, 1.82) is 0 Å². The van der Waals surface area contributed by atoms with Crippen LogP contribution in [0.5, 0.6) is 0 Å². The van der Waals surface area contributed by atoms with Gasteiger partial charge in [0.2, 0.25) is 0 Å². The van der Waals surface area contributed by atoms with Gasteiger partial charge in [0, 0.05) is 6.20 Å². The molecule has 0 saturated heterocycles. The van der Waals surface area contributed by atoms with Gasteiger partial charge in [0.05, 0.1) is 5.56 Å². The van der Waals surface area contributed by atoms with Crippen molar-refractivity contribution < 1.29 is 14.8 Å². The molecule has 12 heavy (non-hydrogen) atoms. The first-order chi connectivity index (χ1) is 5.77. The normalized spacial score (nSPS) is 9.08. The molecule has 62 valence electrons. The molecule has 0 atom stereocenters. The number of hydroxylamine groups is 1. The molecule has 1 rings (SSSR count). The van der Waals surface area contributed by atoms with Crippen molar-refractivity contribution >= 4 is 12.2 Å². The van der Waals surface area contributed by atoms with Gasteiger partial charge in [-0.3, -0.25) is 19.8 Å². The van der Waals surface area contributed by atoms with E-state index in [9.17, 15) is 9.59 Å². The molecule has 5 nitrogen and oxygen atoms in total. The van der Waals surface area contributed by atoms with E-state index in [0.29, 0.717) is 6.29 Å². The third-order valence-corrected chi connectivity index (χ3v) is 1.27. The molecule has 0 saturated carbocycles. The van der Waals surface area contributed by atoms with Crippen molar-refractivity contribution in [3.8, 4) is 0 Å². The lowest BCUT2D eigenvalue weighted by molar-refractivity contribution is 0.0705. The number of aldehydes is 1. The first-order valence-electron chi connectivity index (χ1n) is 3.13. The van der Waals surface area contributed by atoms with E-state index in [1.807, 2.05) is 0 Å². The van der Waals surface area contributed by atoms with Crippen LogP contribution >= 0.6 is 0 Å². The lowest BCUT2D eigenvalue weighted by Crippen LogP contribution is -2.18. The van der Waals surface area contributed by atoms with Crippen molar-refractivity contribution in [2.45, 2.75) is 0 Å². The summed E-state index contributed by atoms with van der Waals surface area (Å²) in [6, 6.07) is 2.78. The molecule has 0 aliphatic carbocycles. The van der Waals surface area contributed by atoms with E-state index in [0.717, 1.165) is 0 Å². The Bertz CT molecular complexity index is 294. The smallest absolute Gasteiger partial charge is 0.276 e. The molecule has 1 amide bonds. The maximum absolute atomic E-state index is 10.7. The fourth-order valence-electron chi connectivity index (χ4n) is 0.674. The fourth-order valence-corrected chi connectivity index (χ4v) is 0.674. The number of carbonyl (C=O) groups excluding carboxylic acids is 2. The summed E-state index contributed by atoms with van der Waals surface area (Å²) in [6.07, 6.45) is 1.77. The largest absolute Gasteiger partial charge is 0.296 e. The molecule has 0 radical (unpaired) electrons. The van der Waals surface area contributed by atoms with Crippen LogP contribution < -0.4 is 5.48 Å². The Balaban J connectivity index is 2.91. The first-order valence-corrected chi connectivity index (χ1v) is 3.13. The fraction of sp³-hybridized carbons (Fsp3) is 0. The van der Waals surface area contributed by atoms with Crippen LogP contribution in [0, 0.1) is 0 Å². The average molecular weight is 166 g/mol. The summed E-state index contributed by atoms with van der Waals surface area (Å²) in [7, 11) is 0. The van der Waals surface area contributed by atoms with Crippen molar-refractivity contribution in [2.24, 2.45) is 0 Å². The Morgan fingerprint density at radius 3 is 2.75 bits per heavy atom. The van der Waals surface area contributed by atoms with E-state index in [4.69, 9.17) is 5.21 Å². The van der Waals surface area contributed by atoms with Gasteiger partial charge in [-0.1, -0.05) is 0 Å². The summed E-state index contributed by atoms with van der Waals surface area (Å²) in [5.41, 5.74) is 1.89. The van der Waals surface area contributed by atoms with E-state index in [2.05, 4.69) is 4.98 Å². The monoisotopic (exact) mass is 166 g/mol. The summed E-state index contributed by atoms with van der Waals surface area (Å²) in [5.74, 6) is -0.653. The van der Waals surface area contributed by atoms with E-state index < -0.39 is 5.91 Å². The van der Waals surface area contributed by atoms with Crippen LogP contribution in [0.15, 0.2) is 18.3 Å². The lowest BCUT2D eigenvalue weighted by Gasteiger charge is -1.96. The minimum atomic E-state index is -0.653. The van der Waals surface area contributed by atoms with Gasteiger partial charge >= 0.3 is 0 Å². The van der Waals surface area contributed by atoms with Crippen molar-refractivity contribution in [3.63, 3.8) is 0 Å². The van der Waals surface area contributed by atoms with E-state index in [1.54, 1.807) is 0 Å². The highest BCUT2D eigenvalue weighted by Crippen LogP contribution is 1.97. The topological polar surface area (TPSA) is 79.3 Å². The number of nitrogens with zero attached hydrogens (tertiary/aromatic N) is 1. The highest BCUT2D eigenvalue weighted by Gasteiger charge is 2.02. The Kier molecular flexibility index (Phi) is 2.49. The maximum atomic E-state index is 10.7. The van der Waals surface area contributed by atoms with Crippen LogP contribution in [0.2, 0.25) is 0 Å². The van der Waals surface area contributed by atoms with Gasteiger partial charge in [0.15, 0.2) is 6.29 Å². The van der Waals surface area contributed by atoms with Gasteiger partial charge in [-0.05, 0) is 12.1 Å². The summed E-state index contributed by atoms with van der Waals surface area (Å²) in [6.45, 7) is 0. The highest BCUT2D eigenvalue weighted by atomic mass is 16.5. The minimum absolute atomic E-state index is 0.197. The molecule has 2 N–H and O–H groups in total. The molecule has 0 aliphatic rings. The molecule has 0 fully saturated rings. The predicted molar refractivity (Wildman–Crippen MR) is 38.9 cm³/mol. The first kappa shape index (κ1) is 8.35. The van der Waals surface area contributed by atoms with Crippen molar-refractivity contribution in [1.82, 2.24) is 10.5 Å². The Morgan fingerprint density at radius 1 is 1.58 bits per heavy atom. The lowest BCUT2D eigenvalue weighted by atomic mass is 10.2. The average Bonchev–Trinajstić information content (AvgIpc) is 2.17. The number of pyridine rings is 1. The van der Waals surface area contributed by atoms with Crippen LogP contribution in [0.25, 0.3) is 0 Å². The molecule has 0 spiro atoms. The van der Waals surface area contributed by atoms with Crippen LogP contribution in [-0.4, -0.2) is 22.4 Å². The Labute approximate surface area is 68.0 Å². The van der Waals surface area contributed by atoms with E-state index >= 15 is 0 Å². The number of rotatable bonds is 2. The number of amides is 1. The zero-order chi connectivity index (χ0) is 8.97. The van der Waals surface area contributed by atoms with E-state index in [-0.39, 0.29) is 11.3 Å². The van der Waals surface area contributed by atoms with Gasteiger partial charge in [-0.15, -0.1) is 0 Å². The van der Waals surface area contributed by atoms with Crippen LogP contribution in [0.4, 0.5) is 0 Å². The molecule has 0 aliphatic heterocycles. The van der Waals surface area contributed by atoms with E-state index in [1.165, 1.54) is 23.8 Å². The summed E-state index contributed by atoms with van der Waals surface area (Å²) in [4.78, 5) is 24.5. The zero-order valence-corrected chi connectivity index (χ0v) is 6.02. The SMILES string of the molecule is O=Cc1ccc(C(=O)NO)cn1. The molecule has 0 unspecified atom stereocenters. The third-order valence-electron chi connectivity index (χ3n) is 1.27. The van der Waals surface area contributed by atoms with Crippen LogP contribution in [0.3, 0.4) is 0 Å². The van der Waals surface area contributed by atoms with Gasteiger partial charge in [0.1, 0.15) is 5.69 Å². The molecule has 1 aromatic heterocycles. The molecule has 1 heterocycles. The quantitative estimate of drug-likeness (QED) is 0.368. The maximum Gasteiger partial charge on any atom is 0.276 e. The molecular weight excluding hydrogens is 160 g/mol. The summed E-state index contributed by atoms with van der Waals surface area (Å²) >= 11 is 0. The minimum Gasteiger partial charge on any atom is -0.296 e. The molecular formula is C7H6N2O3. The Morgan fingerprint density at radius 2 is 2.33 bits per heavy atom. The molecule has 0 bridgehead atoms. The second kappa shape index (κ2) is 3.59. The number of hydrogen-bond acceptors (Lipinski definition) is 4. The van der Waals surface area contributed by atoms with Crippen LogP contribution in [0.1, 0.15) is 20.8 Å². The van der Waals surface area contributed by atoms with Crippen molar-refractivity contribution in [3.05, 3.63) is 29.6 Å². The van der Waals surface area contributed by atoms with Gasteiger partial charge in [-0.2, -0.15) is 0 Å². The number of hydrogen-bond donors (Lipinski definition) is 2. The summed E-state index contributed by atoms with van der Waals surface area (Å²) < 4.78 is 0. The summed E-state index contributed by atoms with van der Waals surface area (Å²) in [5, 5.41) is 8.22. The number of carbonyl (C=O) groups is 2. The second-order valence-corrected chi connectivity index (χ2v) is 2.03. The predicted octanol–water partition coefficient (Wildman–Crippen LogP) is 0.0131. The third kappa shape index (κ3) is 1.64.